The van der Waals surface area contributed by atoms with Gasteiger partial charge in [0.2, 0.25) is 0 Å². The number of ether oxygens (including phenoxy) is 2. The molecule has 0 radical (unpaired) electrons. The van der Waals surface area contributed by atoms with E-state index in [9.17, 15) is 0 Å². The molecule has 0 bridgehead atoms. The third kappa shape index (κ3) is 3.66. The van der Waals surface area contributed by atoms with Crippen LogP contribution in [0.1, 0.15) is 16.7 Å². The fourth-order valence-electron chi connectivity index (χ4n) is 1.87. The van der Waals surface area contributed by atoms with Gasteiger partial charge in [-0.15, -0.1) is 0 Å². The van der Waals surface area contributed by atoms with Crippen molar-refractivity contribution >= 4 is 11.6 Å². The van der Waals surface area contributed by atoms with Crippen molar-refractivity contribution in [3.05, 3.63) is 58.1 Å². The van der Waals surface area contributed by atoms with E-state index in [2.05, 4.69) is 6.07 Å². The molecule has 0 aliphatic rings. The van der Waals surface area contributed by atoms with E-state index in [0.29, 0.717) is 35.2 Å². The molecule has 0 saturated carbocycles. The topological polar surface area (TPSA) is 68.3 Å². The maximum absolute atomic E-state index is 8.95. The average Bonchev–Trinajstić information content (AvgIpc) is 2.53. The average molecular weight is 303 g/mol. The maximum atomic E-state index is 8.95. The van der Waals surface area contributed by atoms with Gasteiger partial charge in [-0.3, -0.25) is 0 Å². The minimum atomic E-state index is 0.337. The molecule has 2 rings (SSSR count). The molecule has 0 atom stereocenters. The SMILES string of the molecule is COc1cc(COc2ccc(CN)cc2Cl)ccc1C#N. The van der Waals surface area contributed by atoms with Gasteiger partial charge in [0, 0.05) is 6.54 Å². The zero-order valence-electron chi connectivity index (χ0n) is 11.6. The Hall–Kier alpha value is -2.22. The number of hydrogen-bond donors (Lipinski definition) is 1. The van der Waals surface area contributed by atoms with Crippen LogP contribution in [0, 0.1) is 11.3 Å². The van der Waals surface area contributed by atoms with E-state index in [1.807, 2.05) is 12.1 Å². The highest BCUT2D eigenvalue weighted by Gasteiger charge is 2.06. The fourth-order valence-corrected chi connectivity index (χ4v) is 2.12. The zero-order chi connectivity index (χ0) is 15.2. The van der Waals surface area contributed by atoms with Crippen LogP contribution in [0.3, 0.4) is 0 Å². The van der Waals surface area contributed by atoms with Gasteiger partial charge >= 0.3 is 0 Å². The van der Waals surface area contributed by atoms with Gasteiger partial charge < -0.3 is 15.2 Å². The molecule has 0 aliphatic carbocycles. The lowest BCUT2D eigenvalue weighted by Gasteiger charge is -2.10. The molecule has 0 spiro atoms. The predicted octanol–water partition coefficient (Wildman–Crippen LogP) is 3.26. The van der Waals surface area contributed by atoms with Crippen LogP contribution in [0.5, 0.6) is 11.5 Å². The Morgan fingerprint density at radius 1 is 1.14 bits per heavy atom. The summed E-state index contributed by atoms with van der Waals surface area (Å²) in [4.78, 5) is 0. The zero-order valence-corrected chi connectivity index (χ0v) is 12.4. The van der Waals surface area contributed by atoms with E-state index in [1.165, 1.54) is 7.11 Å². The van der Waals surface area contributed by atoms with Gasteiger partial charge in [-0.25, -0.2) is 0 Å². The van der Waals surface area contributed by atoms with Crippen molar-refractivity contribution in [3.8, 4) is 17.6 Å². The summed E-state index contributed by atoms with van der Waals surface area (Å²) < 4.78 is 10.8. The van der Waals surface area contributed by atoms with Gasteiger partial charge in [0.25, 0.3) is 0 Å². The normalized spacial score (nSPS) is 10.0. The molecular formula is C16H15ClN2O2. The largest absolute Gasteiger partial charge is 0.495 e. The van der Waals surface area contributed by atoms with Crippen molar-refractivity contribution in [2.75, 3.05) is 7.11 Å². The van der Waals surface area contributed by atoms with Crippen molar-refractivity contribution in [1.29, 1.82) is 5.26 Å². The number of benzene rings is 2. The Labute approximate surface area is 128 Å². The van der Waals surface area contributed by atoms with Crippen molar-refractivity contribution in [2.45, 2.75) is 13.2 Å². The van der Waals surface area contributed by atoms with Gasteiger partial charge in [-0.2, -0.15) is 5.26 Å². The van der Waals surface area contributed by atoms with Crippen molar-refractivity contribution in [2.24, 2.45) is 5.73 Å². The van der Waals surface area contributed by atoms with Gasteiger partial charge in [-0.05, 0) is 35.4 Å². The third-order valence-corrected chi connectivity index (χ3v) is 3.31. The highest BCUT2D eigenvalue weighted by Crippen LogP contribution is 2.27. The number of halogens is 1. The second-order valence-electron chi connectivity index (χ2n) is 4.40. The van der Waals surface area contributed by atoms with E-state index >= 15 is 0 Å². The Balaban J connectivity index is 2.11. The summed E-state index contributed by atoms with van der Waals surface area (Å²) in [6, 6.07) is 12.8. The Morgan fingerprint density at radius 2 is 1.90 bits per heavy atom. The molecule has 2 aromatic rings. The summed E-state index contributed by atoms with van der Waals surface area (Å²) >= 11 is 6.13. The molecule has 4 nitrogen and oxygen atoms in total. The first-order chi connectivity index (χ1) is 10.2. The molecule has 2 aromatic carbocycles. The molecule has 21 heavy (non-hydrogen) atoms. The minimum absolute atomic E-state index is 0.337. The van der Waals surface area contributed by atoms with E-state index in [1.54, 1.807) is 24.3 Å². The molecule has 2 N–H and O–H groups in total. The van der Waals surface area contributed by atoms with Crippen LogP contribution in [0.2, 0.25) is 5.02 Å². The van der Waals surface area contributed by atoms with Crippen LogP contribution >= 0.6 is 11.6 Å². The Morgan fingerprint density at radius 3 is 2.52 bits per heavy atom. The first-order valence-corrected chi connectivity index (χ1v) is 6.74. The van der Waals surface area contributed by atoms with Crippen LogP contribution in [0.4, 0.5) is 0 Å². The number of nitrogens with zero attached hydrogens (tertiary/aromatic N) is 1. The molecule has 0 saturated heterocycles. The lowest BCUT2D eigenvalue weighted by atomic mass is 10.1. The minimum Gasteiger partial charge on any atom is -0.495 e. The van der Waals surface area contributed by atoms with E-state index in [4.69, 9.17) is 32.1 Å². The van der Waals surface area contributed by atoms with E-state index in [0.717, 1.165) is 11.1 Å². The predicted molar refractivity (Wildman–Crippen MR) is 81.4 cm³/mol. The van der Waals surface area contributed by atoms with Crippen molar-refractivity contribution < 1.29 is 9.47 Å². The van der Waals surface area contributed by atoms with Gasteiger partial charge in [0.1, 0.15) is 24.2 Å². The monoisotopic (exact) mass is 302 g/mol. The summed E-state index contributed by atoms with van der Waals surface area (Å²) in [7, 11) is 1.53. The van der Waals surface area contributed by atoms with Gasteiger partial charge in [-0.1, -0.05) is 23.7 Å². The lowest BCUT2D eigenvalue weighted by molar-refractivity contribution is 0.305. The van der Waals surface area contributed by atoms with Crippen LogP contribution < -0.4 is 15.2 Å². The smallest absolute Gasteiger partial charge is 0.138 e. The number of nitrogens with two attached hydrogens (primary N) is 1. The van der Waals surface area contributed by atoms with Crippen LogP contribution in [0.15, 0.2) is 36.4 Å². The van der Waals surface area contributed by atoms with Crippen molar-refractivity contribution in [1.82, 2.24) is 0 Å². The quantitative estimate of drug-likeness (QED) is 0.920. The van der Waals surface area contributed by atoms with Crippen LogP contribution in [0.25, 0.3) is 0 Å². The number of methoxy groups -OCH3 is 1. The van der Waals surface area contributed by atoms with Crippen molar-refractivity contribution in [3.63, 3.8) is 0 Å². The molecule has 0 heterocycles. The lowest BCUT2D eigenvalue weighted by Crippen LogP contribution is -1.99. The fraction of sp³-hybridized carbons (Fsp3) is 0.188. The summed E-state index contributed by atoms with van der Waals surface area (Å²) in [6.45, 7) is 0.774. The second kappa shape index (κ2) is 6.98. The first-order valence-electron chi connectivity index (χ1n) is 6.36. The molecule has 108 valence electrons. The summed E-state index contributed by atoms with van der Waals surface area (Å²) in [5.74, 6) is 1.13. The summed E-state index contributed by atoms with van der Waals surface area (Å²) in [6.07, 6.45) is 0. The molecule has 5 heteroatoms. The van der Waals surface area contributed by atoms with Crippen LogP contribution in [-0.2, 0) is 13.2 Å². The highest BCUT2D eigenvalue weighted by molar-refractivity contribution is 6.32. The number of hydrogen-bond acceptors (Lipinski definition) is 4. The van der Waals surface area contributed by atoms with Gasteiger partial charge in [0.15, 0.2) is 0 Å². The highest BCUT2D eigenvalue weighted by atomic mass is 35.5. The van der Waals surface area contributed by atoms with E-state index in [-0.39, 0.29) is 0 Å². The standard InChI is InChI=1S/C16H15ClN2O2/c1-20-16-7-12(2-4-13(16)9-19)10-21-15-5-3-11(8-18)6-14(15)17/h2-7H,8,10,18H2,1H3. The number of rotatable bonds is 5. The van der Waals surface area contributed by atoms with E-state index < -0.39 is 0 Å². The Kier molecular flexibility index (Phi) is 5.04. The third-order valence-electron chi connectivity index (χ3n) is 3.01. The first kappa shape index (κ1) is 15.2. The maximum Gasteiger partial charge on any atom is 0.138 e. The molecule has 0 unspecified atom stereocenters. The summed E-state index contributed by atoms with van der Waals surface area (Å²) in [5.41, 5.74) is 7.89. The van der Waals surface area contributed by atoms with Gasteiger partial charge in [0.05, 0.1) is 17.7 Å². The molecule has 0 aromatic heterocycles. The molecule has 0 amide bonds. The second-order valence-corrected chi connectivity index (χ2v) is 4.81. The number of nitriles is 1. The van der Waals surface area contributed by atoms with Crippen LogP contribution in [-0.4, -0.2) is 7.11 Å². The molecule has 0 fully saturated rings. The summed E-state index contributed by atoms with van der Waals surface area (Å²) in [5, 5.41) is 9.47. The molecular weight excluding hydrogens is 288 g/mol. The Bertz CT molecular complexity index is 680. The molecule has 0 aliphatic heterocycles.